The fraction of sp³-hybridized carbons (Fsp3) is 0.700. The lowest BCUT2D eigenvalue weighted by atomic mass is 10.2. The van der Waals surface area contributed by atoms with Crippen molar-refractivity contribution in [1.82, 2.24) is 0 Å². The molecule has 74 valence electrons. The fourth-order valence-corrected chi connectivity index (χ4v) is 1.23. The molecule has 1 N–H and O–H groups in total. The minimum atomic E-state index is -0.722. The van der Waals surface area contributed by atoms with Gasteiger partial charge < -0.3 is 9.84 Å². The Balaban J connectivity index is 1.97. The quantitative estimate of drug-likeness (QED) is 0.506. The van der Waals surface area contributed by atoms with Gasteiger partial charge in [-0.3, -0.25) is 4.79 Å². The number of rotatable bonds is 6. The van der Waals surface area contributed by atoms with Gasteiger partial charge in [-0.05, 0) is 26.7 Å². The second-order valence-corrected chi connectivity index (χ2v) is 3.58. The molecule has 0 saturated carbocycles. The van der Waals surface area contributed by atoms with E-state index in [9.17, 15) is 4.79 Å². The Morgan fingerprint density at radius 3 is 2.85 bits per heavy atom. The number of ether oxygens (including phenoxy) is 1. The maximum Gasteiger partial charge on any atom is 0.314 e. The first-order chi connectivity index (χ1) is 6.11. The summed E-state index contributed by atoms with van der Waals surface area (Å²) >= 11 is 0. The van der Waals surface area contributed by atoms with Crippen LogP contribution in [0.3, 0.4) is 0 Å². The molecule has 0 aliphatic heterocycles. The number of aliphatic carboxylic acids is 1. The maximum absolute atomic E-state index is 10.4. The van der Waals surface area contributed by atoms with Crippen LogP contribution in [0, 0.1) is 5.92 Å². The third kappa shape index (κ3) is 3.59. The molecule has 1 atom stereocenters. The van der Waals surface area contributed by atoms with Gasteiger partial charge in [-0.2, -0.15) is 0 Å². The molecule has 0 fully saturated rings. The predicted molar refractivity (Wildman–Crippen MR) is 49.5 cm³/mol. The minimum Gasteiger partial charge on any atom is -0.481 e. The predicted octanol–water partition coefficient (Wildman–Crippen LogP) is 1.83. The first-order valence-electron chi connectivity index (χ1n) is 4.66. The average Bonchev–Trinajstić information content (AvgIpc) is 2.76. The molecule has 0 radical (unpaired) electrons. The minimum absolute atomic E-state index is 0.265. The molecular formula is C10H16O3. The van der Waals surface area contributed by atoms with E-state index in [1.165, 1.54) is 0 Å². The van der Waals surface area contributed by atoms with Gasteiger partial charge in [0.25, 0.3) is 0 Å². The maximum atomic E-state index is 10.4. The van der Waals surface area contributed by atoms with Gasteiger partial charge in [-0.1, -0.05) is 11.6 Å². The van der Waals surface area contributed by atoms with Crippen molar-refractivity contribution in [3.63, 3.8) is 0 Å². The van der Waals surface area contributed by atoms with Crippen LogP contribution in [0.15, 0.2) is 11.6 Å². The molecule has 0 aromatic carbocycles. The zero-order chi connectivity index (χ0) is 9.84. The molecule has 0 saturated heterocycles. The topological polar surface area (TPSA) is 46.5 Å². The van der Waals surface area contributed by atoms with Crippen LogP contribution in [0.4, 0.5) is 0 Å². The van der Waals surface area contributed by atoms with E-state index < -0.39 is 5.97 Å². The summed E-state index contributed by atoms with van der Waals surface area (Å²) in [5.41, 5.74) is 1.06. The van der Waals surface area contributed by atoms with Crippen molar-refractivity contribution in [2.45, 2.75) is 32.8 Å². The zero-order valence-corrected chi connectivity index (χ0v) is 8.12. The van der Waals surface area contributed by atoms with E-state index in [4.69, 9.17) is 9.84 Å². The Kier molecular flexibility index (Phi) is 3.48. The monoisotopic (exact) mass is 184 g/mol. The fourth-order valence-electron chi connectivity index (χ4n) is 1.23. The van der Waals surface area contributed by atoms with E-state index in [1.54, 1.807) is 6.08 Å². The number of hydrogen-bond acceptors (Lipinski definition) is 2. The Morgan fingerprint density at radius 2 is 2.38 bits per heavy atom. The number of carboxylic acids is 1. The first-order valence-corrected chi connectivity index (χ1v) is 4.66. The second-order valence-electron chi connectivity index (χ2n) is 3.58. The Labute approximate surface area is 78.4 Å². The lowest BCUT2D eigenvalue weighted by Crippen LogP contribution is -2.04. The summed E-state index contributed by atoms with van der Waals surface area (Å²) < 4.78 is 5.34. The lowest BCUT2D eigenvalue weighted by Gasteiger charge is -2.05. The lowest BCUT2D eigenvalue weighted by molar-refractivity contribution is -0.137. The van der Waals surface area contributed by atoms with Gasteiger partial charge in [0.2, 0.25) is 0 Å². The number of carboxylic acid groups (broad SMARTS) is 1. The van der Waals surface area contributed by atoms with Crippen LogP contribution in [0.25, 0.3) is 0 Å². The van der Waals surface area contributed by atoms with Crippen molar-refractivity contribution >= 4 is 5.97 Å². The SMILES string of the molecule is CC(C)OCCCC1=C[C@H]1C(=O)O. The highest BCUT2D eigenvalue weighted by atomic mass is 16.5. The van der Waals surface area contributed by atoms with Crippen molar-refractivity contribution in [2.75, 3.05) is 6.61 Å². The Hall–Kier alpha value is -0.830. The van der Waals surface area contributed by atoms with Gasteiger partial charge in [-0.25, -0.2) is 0 Å². The summed E-state index contributed by atoms with van der Waals surface area (Å²) in [5, 5.41) is 8.59. The highest BCUT2D eigenvalue weighted by molar-refractivity contribution is 5.81. The number of hydrogen-bond donors (Lipinski definition) is 1. The molecule has 13 heavy (non-hydrogen) atoms. The molecule has 1 aliphatic rings. The Bertz CT molecular complexity index is 218. The van der Waals surface area contributed by atoms with Crippen LogP contribution in [-0.2, 0) is 9.53 Å². The van der Waals surface area contributed by atoms with Crippen LogP contribution in [0.5, 0.6) is 0 Å². The smallest absolute Gasteiger partial charge is 0.314 e. The van der Waals surface area contributed by atoms with Crippen molar-refractivity contribution in [3.8, 4) is 0 Å². The standard InChI is InChI=1S/C10H16O3/c1-7(2)13-5-3-4-8-6-9(8)10(11)12/h6-7,9H,3-5H2,1-2H3,(H,11,12)/t9-/m1/s1. The van der Waals surface area contributed by atoms with Gasteiger partial charge in [0.1, 0.15) is 0 Å². The molecule has 0 bridgehead atoms. The molecule has 0 aromatic heterocycles. The van der Waals surface area contributed by atoms with Crippen molar-refractivity contribution in [2.24, 2.45) is 5.92 Å². The molecule has 0 spiro atoms. The summed E-state index contributed by atoms with van der Waals surface area (Å²) in [7, 11) is 0. The van der Waals surface area contributed by atoms with E-state index in [-0.39, 0.29) is 12.0 Å². The van der Waals surface area contributed by atoms with E-state index >= 15 is 0 Å². The molecule has 1 rings (SSSR count). The second kappa shape index (κ2) is 4.42. The summed E-state index contributed by atoms with van der Waals surface area (Å²) in [6.45, 7) is 4.72. The molecule has 3 nitrogen and oxygen atoms in total. The molecular weight excluding hydrogens is 168 g/mol. The van der Waals surface area contributed by atoms with Crippen LogP contribution < -0.4 is 0 Å². The van der Waals surface area contributed by atoms with Crippen molar-refractivity contribution in [1.29, 1.82) is 0 Å². The van der Waals surface area contributed by atoms with Gasteiger partial charge in [0, 0.05) is 6.61 Å². The summed E-state index contributed by atoms with van der Waals surface area (Å²) in [6.07, 6.45) is 3.86. The first kappa shape index (κ1) is 10.3. The van der Waals surface area contributed by atoms with Gasteiger partial charge >= 0.3 is 5.97 Å². The number of carbonyl (C=O) groups is 1. The normalized spacial score (nSPS) is 20.2. The molecule has 1 aliphatic carbocycles. The summed E-state index contributed by atoms with van der Waals surface area (Å²) in [6, 6.07) is 0. The van der Waals surface area contributed by atoms with Gasteiger partial charge in [0.15, 0.2) is 0 Å². The van der Waals surface area contributed by atoms with E-state index in [0.717, 1.165) is 25.0 Å². The summed E-state index contributed by atoms with van der Waals surface area (Å²) in [5.74, 6) is -0.987. The average molecular weight is 184 g/mol. The third-order valence-electron chi connectivity index (χ3n) is 2.00. The van der Waals surface area contributed by atoms with Crippen LogP contribution in [0.2, 0.25) is 0 Å². The van der Waals surface area contributed by atoms with Crippen LogP contribution >= 0.6 is 0 Å². The third-order valence-corrected chi connectivity index (χ3v) is 2.00. The van der Waals surface area contributed by atoms with Crippen molar-refractivity contribution < 1.29 is 14.6 Å². The molecule has 0 heterocycles. The van der Waals surface area contributed by atoms with Crippen LogP contribution in [-0.4, -0.2) is 23.8 Å². The highest BCUT2D eigenvalue weighted by Gasteiger charge is 2.30. The molecule has 0 unspecified atom stereocenters. The van der Waals surface area contributed by atoms with Crippen LogP contribution in [0.1, 0.15) is 26.7 Å². The zero-order valence-electron chi connectivity index (χ0n) is 8.12. The highest BCUT2D eigenvalue weighted by Crippen LogP contribution is 2.32. The van der Waals surface area contributed by atoms with Crippen molar-refractivity contribution in [3.05, 3.63) is 11.6 Å². The van der Waals surface area contributed by atoms with Gasteiger partial charge in [0.05, 0.1) is 12.0 Å². The van der Waals surface area contributed by atoms with E-state index in [0.29, 0.717) is 0 Å². The molecule has 3 heteroatoms. The van der Waals surface area contributed by atoms with Gasteiger partial charge in [-0.15, -0.1) is 0 Å². The summed E-state index contributed by atoms with van der Waals surface area (Å²) in [4.78, 5) is 10.4. The van der Waals surface area contributed by atoms with E-state index in [2.05, 4.69) is 0 Å². The Morgan fingerprint density at radius 1 is 1.69 bits per heavy atom. The molecule has 0 amide bonds. The molecule has 0 aromatic rings. The largest absolute Gasteiger partial charge is 0.481 e. The van der Waals surface area contributed by atoms with E-state index in [1.807, 2.05) is 13.8 Å².